The van der Waals surface area contributed by atoms with Gasteiger partial charge in [0.25, 0.3) is 0 Å². The van der Waals surface area contributed by atoms with Crippen molar-refractivity contribution in [2.24, 2.45) is 0 Å². The smallest absolute Gasteiger partial charge is 0.163 e. The van der Waals surface area contributed by atoms with Crippen LogP contribution in [-0.4, -0.2) is 50.1 Å². The molecule has 2 atom stereocenters. The van der Waals surface area contributed by atoms with E-state index in [1.807, 2.05) is 27.7 Å². The Kier molecular flexibility index (Phi) is 6.70. The van der Waals surface area contributed by atoms with Crippen molar-refractivity contribution in [2.45, 2.75) is 84.1 Å². The normalized spacial score (nSPS) is 26.1. The molecule has 2 unspecified atom stereocenters. The summed E-state index contributed by atoms with van der Waals surface area (Å²) in [7, 11) is 0. The van der Waals surface area contributed by atoms with Gasteiger partial charge in [-0.2, -0.15) is 0 Å². The Bertz CT molecular complexity index is 613. The molecule has 0 bridgehead atoms. The molecule has 2 saturated heterocycles. The second kappa shape index (κ2) is 8.70. The number of hydrogen-bond acceptors (Lipinski definition) is 5. The molecule has 0 saturated carbocycles. The van der Waals surface area contributed by atoms with Gasteiger partial charge in [-0.05, 0) is 64.2 Å². The SMILES string of the molecule is CC(C)c1cccc(N(CCC2COC(C)(C)O2)CCC2COC(C)(C)O2)c1. The third kappa shape index (κ3) is 5.93. The second-order valence-corrected chi connectivity index (χ2v) is 9.22. The fraction of sp³-hybridized carbons (Fsp3) is 0.739. The first-order chi connectivity index (χ1) is 13.1. The minimum absolute atomic E-state index is 0.149. The standard InChI is InChI=1S/C23H37NO4/c1-17(2)18-8-7-9-19(14-18)24(12-10-20-15-25-22(3,4)27-20)13-11-21-16-26-23(5,6)28-21/h7-9,14,17,20-21H,10-13,15-16H2,1-6H3. The van der Waals surface area contributed by atoms with E-state index in [2.05, 4.69) is 43.0 Å². The van der Waals surface area contributed by atoms with Crippen LogP contribution in [-0.2, 0) is 18.9 Å². The first-order valence-electron chi connectivity index (χ1n) is 10.6. The maximum Gasteiger partial charge on any atom is 0.163 e. The van der Waals surface area contributed by atoms with Crippen molar-refractivity contribution >= 4 is 5.69 Å². The highest BCUT2D eigenvalue weighted by molar-refractivity contribution is 5.49. The zero-order valence-corrected chi connectivity index (χ0v) is 18.4. The van der Waals surface area contributed by atoms with E-state index in [1.165, 1.54) is 11.3 Å². The topological polar surface area (TPSA) is 40.2 Å². The Balaban J connectivity index is 1.64. The molecule has 2 aliphatic rings. The summed E-state index contributed by atoms with van der Waals surface area (Å²) in [5.41, 5.74) is 2.63. The molecule has 0 amide bonds. The minimum atomic E-state index is -0.465. The average Bonchev–Trinajstić information content (AvgIpc) is 3.16. The van der Waals surface area contributed by atoms with Crippen molar-refractivity contribution in [3.63, 3.8) is 0 Å². The van der Waals surface area contributed by atoms with E-state index in [1.54, 1.807) is 0 Å². The molecule has 5 heteroatoms. The molecule has 0 spiro atoms. The van der Waals surface area contributed by atoms with Crippen molar-refractivity contribution in [2.75, 3.05) is 31.2 Å². The predicted octanol–water partition coefficient (Wildman–Crippen LogP) is 4.70. The van der Waals surface area contributed by atoms with Crippen LogP contribution in [0.5, 0.6) is 0 Å². The lowest BCUT2D eigenvalue weighted by atomic mass is 10.0. The second-order valence-electron chi connectivity index (χ2n) is 9.22. The molecular weight excluding hydrogens is 354 g/mol. The molecule has 3 rings (SSSR count). The van der Waals surface area contributed by atoms with Gasteiger partial charge in [0, 0.05) is 18.8 Å². The van der Waals surface area contributed by atoms with Crippen molar-refractivity contribution in [3.8, 4) is 0 Å². The van der Waals surface area contributed by atoms with Gasteiger partial charge in [0.15, 0.2) is 11.6 Å². The number of benzene rings is 1. The van der Waals surface area contributed by atoms with Crippen LogP contribution in [0.4, 0.5) is 5.69 Å². The molecule has 2 aliphatic heterocycles. The van der Waals surface area contributed by atoms with Gasteiger partial charge in [0.05, 0.1) is 25.4 Å². The van der Waals surface area contributed by atoms with Crippen molar-refractivity contribution in [3.05, 3.63) is 29.8 Å². The Morgan fingerprint density at radius 1 is 0.929 bits per heavy atom. The third-order valence-electron chi connectivity index (χ3n) is 5.48. The molecule has 0 radical (unpaired) electrons. The average molecular weight is 392 g/mol. The first kappa shape index (κ1) is 21.6. The van der Waals surface area contributed by atoms with Crippen LogP contribution in [0, 0.1) is 0 Å². The van der Waals surface area contributed by atoms with Crippen molar-refractivity contribution in [1.29, 1.82) is 0 Å². The number of anilines is 1. The first-order valence-corrected chi connectivity index (χ1v) is 10.6. The highest BCUT2D eigenvalue weighted by Crippen LogP contribution is 2.28. The van der Waals surface area contributed by atoms with Crippen molar-refractivity contribution < 1.29 is 18.9 Å². The third-order valence-corrected chi connectivity index (χ3v) is 5.48. The number of hydrogen-bond donors (Lipinski definition) is 0. The maximum atomic E-state index is 6.01. The van der Waals surface area contributed by atoms with E-state index in [0.717, 1.165) is 25.9 Å². The summed E-state index contributed by atoms with van der Waals surface area (Å²) in [6, 6.07) is 8.89. The quantitative estimate of drug-likeness (QED) is 0.642. The Labute approximate surface area is 170 Å². The zero-order valence-electron chi connectivity index (χ0n) is 18.4. The summed E-state index contributed by atoms with van der Waals surface area (Å²) < 4.78 is 23.5. The highest BCUT2D eigenvalue weighted by Gasteiger charge is 2.34. The molecule has 0 aromatic heterocycles. The summed E-state index contributed by atoms with van der Waals surface area (Å²) in [5, 5.41) is 0. The monoisotopic (exact) mass is 391 g/mol. The number of rotatable bonds is 8. The summed E-state index contributed by atoms with van der Waals surface area (Å²) >= 11 is 0. The summed E-state index contributed by atoms with van der Waals surface area (Å²) in [6.45, 7) is 15.6. The molecule has 0 N–H and O–H groups in total. The summed E-state index contributed by atoms with van der Waals surface area (Å²) in [5.74, 6) is -0.414. The van der Waals surface area contributed by atoms with Gasteiger partial charge >= 0.3 is 0 Å². The van der Waals surface area contributed by atoms with Crippen LogP contribution in [0.15, 0.2) is 24.3 Å². The molecule has 1 aromatic carbocycles. The van der Waals surface area contributed by atoms with E-state index in [9.17, 15) is 0 Å². The van der Waals surface area contributed by atoms with Crippen LogP contribution in [0.1, 0.15) is 65.9 Å². The molecular formula is C23H37NO4. The van der Waals surface area contributed by atoms with Crippen LogP contribution in [0.25, 0.3) is 0 Å². The zero-order chi connectivity index (χ0) is 20.4. The molecule has 5 nitrogen and oxygen atoms in total. The molecule has 28 heavy (non-hydrogen) atoms. The largest absolute Gasteiger partial charge is 0.371 e. The number of nitrogens with zero attached hydrogens (tertiary/aromatic N) is 1. The van der Waals surface area contributed by atoms with Gasteiger partial charge in [-0.25, -0.2) is 0 Å². The van der Waals surface area contributed by atoms with Crippen molar-refractivity contribution in [1.82, 2.24) is 0 Å². The maximum absolute atomic E-state index is 6.01. The van der Waals surface area contributed by atoms with E-state index in [4.69, 9.17) is 18.9 Å². The fourth-order valence-corrected chi connectivity index (χ4v) is 3.86. The van der Waals surface area contributed by atoms with Crippen LogP contribution >= 0.6 is 0 Å². The van der Waals surface area contributed by atoms with Crippen LogP contribution in [0.2, 0.25) is 0 Å². The van der Waals surface area contributed by atoms with Gasteiger partial charge in [-0.3, -0.25) is 0 Å². The van der Waals surface area contributed by atoms with Gasteiger partial charge in [-0.1, -0.05) is 26.0 Å². The summed E-state index contributed by atoms with van der Waals surface area (Å²) in [4.78, 5) is 2.45. The van der Waals surface area contributed by atoms with E-state index < -0.39 is 11.6 Å². The predicted molar refractivity (Wildman–Crippen MR) is 112 cm³/mol. The van der Waals surface area contributed by atoms with Gasteiger partial charge in [0.2, 0.25) is 0 Å². The van der Waals surface area contributed by atoms with Gasteiger partial charge < -0.3 is 23.8 Å². The lowest BCUT2D eigenvalue weighted by molar-refractivity contribution is -0.138. The van der Waals surface area contributed by atoms with Crippen LogP contribution in [0.3, 0.4) is 0 Å². The molecule has 0 aliphatic carbocycles. The Hall–Kier alpha value is -1.14. The van der Waals surface area contributed by atoms with Gasteiger partial charge in [0.1, 0.15) is 0 Å². The molecule has 2 heterocycles. The Morgan fingerprint density at radius 3 is 1.89 bits per heavy atom. The minimum Gasteiger partial charge on any atom is -0.371 e. The fourth-order valence-electron chi connectivity index (χ4n) is 3.86. The summed E-state index contributed by atoms with van der Waals surface area (Å²) in [6.07, 6.45) is 2.19. The molecule has 1 aromatic rings. The number of ether oxygens (including phenoxy) is 4. The molecule has 2 fully saturated rings. The van der Waals surface area contributed by atoms with E-state index in [-0.39, 0.29) is 12.2 Å². The lowest BCUT2D eigenvalue weighted by Crippen LogP contribution is -2.32. The Morgan fingerprint density at radius 2 is 1.46 bits per heavy atom. The molecule has 158 valence electrons. The van der Waals surface area contributed by atoms with Crippen LogP contribution < -0.4 is 4.90 Å². The lowest BCUT2D eigenvalue weighted by Gasteiger charge is -2.28. The van der Waals surface area contributed by atoms with Gasteiger partial charge in [-0.15, -0.1) is 0 Å². The van der Waals surface area contributed by atoms with E-state index in [0.29, 0.717) is 19.1 Å². The van der Waals surface area contributed by atoms with E-state index >= 15 is 0 Å². The highest BCUT2D eigenvalue weighted by atomic mass is 16.7.